The summed E-state index contributed by atoms with van der Waals surface area (Å²) in [4.78, 5) is 69.4. The van der Waals surface area contributed by atoms with Gasteiger partial charge >= 0.3 is 24.0 Å². The van der Waals surface area contributed by atoms with Crippen molar-refractivity contribution in [1.29, 1.82) is 0 Å². The number of ether oxygens (including phenoxy) is 6. The molecule has 2 unspecified atom stereocenters. The maximum absolute atomic E-state index is 16.4. The van der Waals surface area contributed by atoms with Crippen molar-refractivity contribution in [2.75, 3.05) is 47.2 Å². The van der Waals surface area contributed by atoms with Gasteiger partial charge in [-0.25, -0.2) is 19.6 Å². The smallest absolute Gasteiger partial charge is 0.407 e. The Kier molecular flexibility index (Phi) is 12.2. The topological polar surface area (TPSA) is 208 Å². The third-order valence-electron chi connectivity index (χ3n) is 13.8. The fourth-order valence-electron chi connectivity index (χ4n) is 10.3. The number of methoxy groups -OCH3 is 2. The Hall–Kier alpha value is -5.90. The van der Waals surface area contributed by atoms with Gasteiger partial charge in [-0.15, -0.1) is 0 Å². The number of likely N-dealkylation sites (tertiary alicyclic amines) is 1. The van der Waals surface area contributed by atoms with Crippen LogP contribution in [0.5, 0.6) is 0 Å². The Morgan fingerprint density at radius 2 is 1.18 bits per heavy atom. The molecule has 5 atom stereocenters. The van der Waals surface area contributed by atoms with Crippen molar-refractivity contribution in [1.82, 2.24) is 35.5 Å². The van der Waals surface area contributed by atoms with Crippen LogP contribution in [0.25, 0.3) is 33.6 Å². The van der Waals surface area contributed by atoms with Crippen LogP contribution in [0.3, 0.4) is 0 Å². The van der Waals surface area contributed by atoms with Crippen molar-refractivity contribution in [3.05, 3.63) is 71.6 Å². The summed E-state index contributed by atoms with van der Waals surface area (Å²) in [6, 6.07) is 5.21. The van der Waals surface area contributed by atoms with E-state index in [1.807, 2.05) is 0 Å². The molecule has 2 spiro atoms. The van der Waals surface area contributed by atoms with Crippen molar-refractivity contribution in [3.8, 4) is 33.6 Å². The van der Waals surface area contributed by atoms with Gasteiger partial charge in [-0.05, 0) is 35.1 Å². The molecule has 2 aromatic carbocycles. The van der Waals surface area contributed by atoms with E-state index in [1.165, 1.54) is 55.8 Å². The Balaban J connectivity index is 1.00. The first-order valence-corrected chi connectivity index (χ1v) is 22.6. The third-order valence-corrected chi connectivity index (χ3v) is 13.8. The van der Waals surface area contributed by atoms with E-state index >= 15 is 17.6 Å². The van der Waals surface area contributed by atoms with E-state index in [-0.39, 0.29) is 82.9 Å². The van der Waals surface area contributed by atoms with Crippen molar-refractivity contribution in [3.63, 3.8) is 0 Å². The van der Waals surface area contributed by atoms with Crippen molar-refractivity contribution in [2.24, 2.45) is 17.8 Å². The quantitative estimate of drug-likeness (QED) is 0.113. The predicted molar refractivity (Wildman–Crippen MR) is 232 cm³/mol. The van der Waals surface area contributed by atoms with Gasteiger partial charge in [0.2, 0.25) is 5.91 Å². The molecule has 4 fully saturated rings. The summed E-state index contributed by atoms with van der Waals surface area (Å²) < 4.78 is 99.0. The highest BCUT2D eigenvalue weighted by molar-refractivity contribution is 5.91. The molecule has 2 aromatic heterocycles. The number of nitrogens with one attached hydrogen (secondary N) is 4. The van der Waals surface area contributed by atoms with Gasteiger partial charge in [0.05, 0.1) is 83.1 Å². The number of H-pyrrole nitrogens is 2. The number of ketones is 1. The molecule has 17 nitrogen and oxygen atoms in total. The highest BCUT2D eigenvalue weighted by Crippen LogP contribution is 2.59. The number of alkyl halides is 4. The van der Waals surface area contributed by atoms with Crippen molar-refractivity contribution in [2.45, 2.75) is 94.4 Å². The summed E-state index contributed by atoms with van der Waals surface area (Å²) >= 11 is 0. The van der Waals surface area contributed by atoms with E-state index in [9.17, 15) is 19.2 Å². The number of Topliss-reactive ketones (excluding diaryl/α,β-unsaturated/α-hetero) is 1. The van der Waals surface area contributed by atoms with Gasteiger partial charge < -0.3 is 53.9 Å². The second-order valence-corrected chi connectivity index (χ2v) is 18.7. The molecule has 4 N–H and O–H groups in total. The fraction of sp³-hybridized carbons (Fsp3) is 0.532. The average Bonchev–Trinajstić information content (AvgIpc) is 4.19. The molecule has 364 valence electrons. The lowest BCUT2D eigenvalue weighted by Gasteiger charge is -2.35. The molecular formula is C47H53F4N7O10. The fourth-order valence-corrected chi connectivity index (χ4v) is 10.3. The number of alkyl carbamates (subject to hydrolysis) is 2. The maximum atomic E-state index is 16.4. The zero-order valence-corrected chi connectivity index (χ0v) is 38.3. The summed E-state index contributed by atoms with van der Waals surface area (Å²) in [5.74, 6) is -13.6. The van der Waals surface area contributed by atoms with E-state index in [0.29, 0.717) is 32.3 Å². The van der Waals surface area contributed by atoms with Crippen LogP contribution in [0.4, 0.5) is 27.2 Å². The maximum Gasteiger partial charge on any atom is 0.407 e. The van der Waals surface area contributed by atoms with Crippen LogP contribution in [0.1, 0.15) is 81.7 Å². The number of halogens is 4. The molecule has 4 aromatic rings. The molecule has 68 heavy (non-hydrogen) atoms. The number of benzene rings is 2. The minimum Gasteiger partial charge on any atom is -0.453 e. The largest absolute Gasteiger partial charge is 0.453 e. The minimum absolute atomic E-state index is 0.0192. The number of hydrogen-bond acceptors (Lipinski definition) is 12. The van der Waals surface area contributed by atoms with Crippen LogP contribution in [0.15, 0.2) is 48.8 Å². The molecule has 2 aliphatic carbocycles. The summed E-state index contributed by atoms with van der Waals surface area (Å²) in [7, 11) is 2.39. The lowest BCUT2D eigenvalue weighted by atomic mass is 9.79. The molecule has 3 amide bonds. The van der Waals surface area contributed by atoms with E-state index < -0.39 is 82.6 Å². The van der Waals surface area contributed by atoms with E-state index in [2.05, 4.69) is 30.6 Å². The number of carbonyl (C=O) groups is 4. The number of nitrogens with zero attached hydrogens (tertiary/aromatic N) is 3. The molecule has 0 radical (unpaired) electrons. The Labute approximate surface area is 388 Å². The Bertz CT molecular complexity index is 2430. The Morgan fingerprint density at radius 3 is 1.69 bits per heavy atom. The molecule has 0 bridgehead atoms. The molecule has 9 rings (SSSR count). The van der Waals surface area contributed by atoms with Gasteiger partial charge in [0, 0.05) is 53.4 Å². The monoisotopic (exact) mass is 951 g/mol. The first-order valence-electron chi connectivity index (χ1n) is 22.6. The van der Waals surface area contributed by atoms with E-state index in [4.69, 9.17) is 28.4 Å². The van der Waals surface area contributed by atoms with Gasteiger partial charge in [0.25, 0.3) is 0 Å². The number of aromatic nitrogens is 4. The molecule has 3 aliphatic heterocycles. The number of carbonyl (C=O) groups excluding carboxylic acids is 4. The zero-order chi connectivity index (χ0) is 48.5. The SMILES string of the molecule is COC(=O)N[C@H](C(=O)C1CC2(C[C@H]1c1ncc(-c3ccc4c(c3)C(F)(F)C(F)(F)c3cc(-c5cnc(C6CC7(CN6C(=O)[C@@H](NC(=O)OC)C(C)C)OCCO7)[nH]5)ccc3-4)[nH]1)OCCO2)C(C)C. The van der Waals surface area contributed by atoms with Crippen LogP contribution in [-0.2, 0) is 49.9 Å². The summed E-state index contributed by atoms with van der Waals surface area (Å²) in [5.41, 5.74) is -1.15. The minimum atomic E-state index is -4.67. The predicted octanol–water partition coefficient (Wildman–Crippen LogP) is 6.91. The van der Waals surface area contributed by atoms with Gasteiger partial charge in [0.15, 0.2) is 17.4 Å². The zero-order valence-electron chi connectivity index (χ0n) is 38.3. The van der Waals surface area contributed by atoms with Crippen LogP contribution in [-0.4, -0.2) is 120 Å². The Morgan fingerprint density at radius 1 is 0.691 bits per heavy atom. The normalized spacial score (nSPS) is 23.7. The van der Waals surface area contributed by atoms with E-state index in [1.54, 1.807) is 27.7 Å². The second kappa shape index (κ2) is 17.6. The number of rotatable bonds is 11. The van der Waals surface area contributed by atoms with Crippen LogP contribution >= 0.6 is 0 Å². The van der Waals surface area contributed by atoms with Gasteiger partial charge in [0.1, 0.15) is 17.7 Å². The summed E-state index contributed by atoms with van der Waals surface area (Å²) in [6.45, 7) is 8.37. The van der Waals surface area contributed by atoms with Crippen molar-refractivity contribution < 1.29 is 65.2 Å². The van der Waals surface area contributed by atoms with Crippen molar-refractivity contribution >= 4 is 23.9 Å². The molecule has 1 saturated carbocycles. The van der Waals surface area contributed by atoms with Gasteiger partial charge in [-0.2, -0.15) is 17.6 Å². The molecule has 5 aliphatic rings. The highest BCUT2D eigenvalue weighted by Gasteiger charge is 2.63. The third kappa shape index (κ3) is 8.09. The second-order valence-electron chi connectivity index (χ2n) is 18.7. The number of imidazole rings is 2. The van der Waals surface area contributed by atoms with Gasteiger partial charge in [-0.3, -0.25) is 9.59 Å². The lowest BCUT2D eigenvalue weighted by Crippen LogP contribution is -2.52. The first-order chi connectivity index (χ1) is 32.3. The number of fused-ring (bicyclic) bond motifs is 3. The van der Waals surface area contributed by atoms with Gasteiger partial charge in [-0.1, -0.05) is 52.0 Å². The molecular weight excluding hydrogens is 899 g/mol. The summed E-state index contributed by atoms with van der Waals surface area (Å²) in [5, 5.41) is 5.22. The standard InChI is InChI=1S/C47H53F4N7O10/c1-23(2)36(56-42(61)63-5)38(59)29-17-44(65-11-12-66-44)18-30(29)39-52-20-33(54-39)25-7-9-27-28-10-8-26(16-32(28)47(50,51)46(48,49)31(27)15-25)34-21-53-40(55-34)35-19-45(67-13-14-68-45)22-58(35)41(60)37(24(3)4)57-43(62)64-6/h7-10,15-16,20-21,23-24,29-30,35-37H,11-14,17-19,22H2,1-6H3,(H,52,54)(H,53,55)(H,56,61)(H,57,62)/t29?,30-,35?,36+,37+/m1/s1. The van der Waals surface area contributed by atoms with Crippen LogP contribution in [0.2, 0.25) is 0 Å². The molecule has 3 saturated heterocycles. The molecule has 21 heteroatoms. The van der Waals surface area contributed by atoms with Crippen LogP contribution < -0.4 is 10.6 Å². The lowest BCUT2D eigenvalue weighted by molar-refractivity contribution is -0.225. The highest BCUT2D eigenvalue weighted by atomic mass is 19.3. The van der Waals surface area contributed by atoms with Crippen LogP contribution in [0, 0.1) is 17.8 Å². The molecule has 5 heterocycles. The first kappa shape index (κ1) is 47.2. The number of hydrogen-bond donors (Lipinski definition) is 4. The average molecular weight is 952 g/mol. The number of aromatic amines is 2. The van der Waals surface area contributed by atoms with E-state index in [0.717, 1.165) is 12.1 Å². The number of amides is 3. The summed E-state index contributed by atoms with van der Waals surface area (Å²) in [6.07, 6.45) is 1.82.